The Kier molecular flexibility index (Phi) is 8.21. The Labute approximate surface area is 282 Å². The van der Waals surface area contributed by atoms with Crippen molar-refractivity contribution >= 4 is 21.8 Å². The number of nitrogens with one attached hydrogen (secondary N) is 3. The van der Waals surface area contributed by atoms with Gasteiger partial charge in [-0.05, 0) is 119 Å². The minimum Gasteiger partial charge on any atom is -0.490 e. The molecule has 260 valence electrons. The van der Waals surface area contributed by atoms with Gasteiger partial charge in [0.1, 0.15) is 17.7 Å². The predicted molar refractivity (Wildman–Crippen MR) is 179 cm³/mol. The van der Waals surface area contributed by atoms with Crippen LogP contribution in [0.2, 0.25) is 0 Å². The first kappa shape index (κ1) is 33.4. The largest absolute Gasteiger partial charge is 0.490 e. The fraction of sp³-hybridized carbons (Fsp3) is 0.622. The maximum Gasteiger partial charge on any atom is 0.259 e. The lowest BCUT2D eigenvalue weighted by Crippen LogP contribution is -2.49. The fourth-order valence-electron chi connectivity index (χ4n) is 7.84. The molecule has 0 aromatic heterocycles. The summed E-state index contributed by atoms with van der Waals surface area (Å²) in [5.41, 5.74) is -0.862. The van der Waals surface area contributed by atoms with E-state index in [2.05, 4.69) is 15.4 Å². The van der Waals surface area contributed by atoms with E-state index in [-0.39, 0.29) is 42.4 Å². The average molecular weight is 684 g/mol. The summed E-state index contributed by atoms with van der Waals surface area (Å²) in [5, 5.41) is 6.21. The van der Waals surface area contributed by atoms with Crippen LogP contribution in [-0.2, 0) is 25.0 Å². The molecule has 1 spiro atoms. The number of sulfonamides is 1. The highest BCUT2D eigenvalue weighted by Crippen LogP contribution is 2.47. The monoisotopic (exact) mass is 683 g/mol. The van der Waals surface area contributed by atoms with Crippen LogP contribution in [0.5, 0.6) is 5.75 Å². The van der Waals surface area contributed by atoms with Crippen molar-refractivity contribution in [3.05, 3.63) is 53.3 Å². The van der Waals surface area contributed by atoms with E-state index in [1.165, 1.54) is 6.07 Å². The van der Waals surface area contributed by atoms with Gasteiger partial charge in [0.05, 0.1) is 10.2 Å². The van der Waals surface area contributed by atoms with Gasteiger partial charge in [-0.1, -0.05) is 24.6 Å². The highest BCUT2D eigenvalue weighted by molar-refractivity contribution is 7.91. The van der Waals surface area contributed by atoms with Crippen molar-refractivity contribution in [2.75, 3.05) is 6.54 Å². The molecule has 1 saturated heterocycles. The van der Waals surface area contributed by atoms with Gasteiger partial charge in [0, 0.05) is 36.5 Å². The Morgan fingerprint density at radius 1 is 1.00 bits per heavy atom. The van der Waals surface area contributed by atoms with Gasteiger partial charge < -0.3 is 15.4 Å². The first-order chi connectivity index (χ1) is 22.6. The molecule has 0 bridgehead atoms. The second kappa shape index (κ2) is 11.8. The van der Waals surface area contributed by atoms with Crippen molar-refractivity contribution in [2.45, 2.75) is 137 Å². The second-order valence-electron chi connectivity index (χ2n) is 15.9. The number of rotatable bonds is 10. The van der Waals surface area contributed by atoms with Crippen LogP contribution in [-0.4, -0.2) is 54.9 Å². The summed E-state index contributed by atoms with van der Waals surface area (Å²) in [4.78, 5) is 26.6. The molecule has 4 aliphatic carbocycles. The number of carbonyl (C=O) groups is 2. The molecule has 0 unspecified atom stereocenters. The number of amides is 2. The number of benzene rings is 2. The van der Waals surface area contributed by atoms with Gasteiger partial charge in [0.25, 0.3) is 5.91 Å². The van der Waals surface area contributed by atoms with Crippen molar-refractivity contribution in [1.82, 2.24) is 15.4 Å². The van der Waals surface area contributed by atoms with E-state index >= 15 is 8.78 Å². The lowest BCUT2D eigenvalue weighted by atomic mass is 9.74. The molecule has 5 aliphatic rings. The van der Waals surface area contributed by atoms with Crippen LogP contribution in [0.25, 0.3) is 11.1 Å². The number of ether oxygens (including phenoxy) is 1. The standard InChI is InChI=1S/C37H47F2N3O5S/c1-34(2,32(43)42-48(45,46)35(3)17-18-35)24-11-14-30(28(19-24)27-9-5-10-29(38)31(27)23-7-4-8-23)47-26-13-12-25(20-26)41-33(44)37(39)21-36(40-22-37)15-6-16-36/h5,9-11,14,19,23,25-26,40H,4,6-8,12-13,15-18,20-22H2,1-3H3,(H,41,44)(H,42,43)/t25-,26-,37-/m1/s1. The van der Waals surface area contributed by atoms with Gasteiger partial charge in [0.2, 0.25) is 21.6 Å². The number of hydrogen-bond acceptors (Lipinski definition) is 6. The normalized spacial score (nSPS) is 27.6. The molecule has 48 heavy (non-hydrogen) atoms. The van der Waals surface area contributed by atoms with Crippen LogP contribution in [0.1, 0.15) is 115 Å². The molecular formula is C37H47F2N3O5S. The summed E-state index contributed by atoms with van der Waals surface area (Å²) < 4.78 is 65.0. The Morgan fingerprint density at radius 2 is 1.75 bits per heavy atom. The van der Waals surface area contributed by atoms with E-state index in [9.17, 15) is 18.0 Å². The molecule has 8 nitrogen and oxygen atoms in total. The number of hydrogen-bond donors (Lipinski definition) is 3. The van der Waals surface area contributed by atoms with Gasteiger partial charge >= 0.3 is 0 Å². The molecule has 4 saturated carbocycles. The maximum absolute atomic E-state index is 15.7. The third-order valence-electron chi connectivity index (χ3n) is 12.0. The van der Waals surface area contributed by atoms with Crippen molar-refractivity contribution in [3.63, 3.8) is 0 Å². The van der Waals surface area contributed by atoms with E-state index in [1.807, 2.05) is 12.1 Å². The summed E-state index contributed by atoms with van der Waals surface area (Å²) >= 11 is 0. The Bertz CT molecular complexity index is 1730. The topological polar surface area (TPSA) is 114 Å². The molecule has 0 radical (unpaired) electrons. The van der Waals surface area contributed by atoms with Crippen molar-refractivity contribution in [1.29, 1.82) is 0 Å². The zero-order chi connectivity index (χ0) is 34.1. The highest BCUT2D eigenvalue weighted by atomic mass is 32.2. The predicted octanol–water partition coefficient (Wildman–Crippen LogP) is 6.08. The lowest BCUT2D eigenvalue weighted by Gasteiger charge is -2.38. The number of carbonyl (C=O) groups excluding carboxylic acids is 2. The summed E-state index contributed by atoms with van der Waals surface area (Å²) in [7, 11) is -3.84. The van der Waals surface area contributed by atoms with E-state index in [4.69, 9.17) is 4.74 Å². The molecule has 2 amide bonds. The molecule has 3 N–H and O–H groups in total. The van der Waals surface area contributed by atoms with Crippen LogP contribution < -0.4 is 20.1 Å². The van der Waals surface area contributed by atoms with Gasteiger partial charge in [-0.2, -0.15) is 0 Å². The molecule has 5 fully saturated rings. The van der Waals surface area contributed by atoms with Crippen molar-refractivity contribution in [3.8, 4) is 16.9 Å². The second-order valence-corrected chi connectivity index (χ2v) is 18.1. The Morgan fingerprint density at radius 3 is 2.38 bits per heavy atom. The Hall–Kier alpha value is -3.05. The Balaban J connectivity index is 1.13. The van der Waals surface area contributed by atoms with Gasteiger partial charge in [0.15, 0.2) is 0 Å². The lowest BCUT2D eigenvalue weighted by molar-refractivity contribution is -0.133. The third-order valence-corrected chi connectivity index (χ3v) is 14.2. The molecule has 2 aromatic rings. The van der Waals surface area contributed by atoms with Gasteiger partial charge in [-0.15, -0.1) is 0 Å². The van der Waals surface area contributed by atoms with Crippen LogP contribution in [0.15, 0.2) is 36.4 Å². The molecule has 7 rings (SSSR count). The summed E-state index contributed by atoms with van der Waals surface area (Å²) in [6.45, 7) is 5.04. The first-order valence-electron chi connectivity index (χ1n) is 17.6. The summed E-state index contributed by atoms with van der Waals surface area (Å²) in [6.07, 6.45) is 8.41. The molecule has 2 aromatic carbocycles. The van der Waals surface area contributed by atoms with Crippen molar-refractivity contribution < 1.29 is 31.5 Å². The molecule has 11 heteroatoms. The minimum absolute atomic E-state index is 0.0395. The van der Waals surface area contributed by atoms with Crippen LogP contribution in [0.4, 0.5) is 8.78 Å². The van der Waals surface area contributed by atoms with Gasteiger partial charge in [-0.25, -0.2) is 17.2 Å². The van der Waals surface area contributed by atoms with E-state index in [0.29, 0.717) is 60.1 Å². The molecule has 3 atom stereocenters. The van der Waals surface area contributed by atoms with Crippen LogP contribution >= 0.6 is 0 Å². The van der Waals surface area contributed by atoms with E-state index < -0.39 is 37.7 Å². The smallest absolute Gasteiger partial charge is 0.259 e. The van der Waals surface area contributed by atoms with E-state index in [0.717, 1.165) is 38.5 Å². The highest BCUT2D eigenvalue weighted by Gasteiger charge is 2.56. The fourth-order valence-corrected chi connectivity index (χ4v) is 9.23. The number of alkyl halides is 1. The van der Waals surface area contributed by atoms with Gasteiger partial charge in [-0.3, -0.25) is 14.3 Å². The molecular weight excluding hydrogens is 636 g/mol. The van der Waals surface area contributed by atoms with Crippen LogP contribution in [0.3, 0.4) is 0 Å². The maximum atomic E-state index is 15.7. The third kappa shape index (κ3) is 5.92. The molecule has 1 heterocycles. The average Bonchev–Trinajstić information content (AvgIpc) is 3.43. The SMILES string of the molecule is CC(C)(C(=O)NS(=O)(=O)C1(C)CC1)c1ccc(O[C@@H]2CC[C@@H](NC(=O)[C@]3(F)CNC4(CCC4)C3)C2)c(-c2cccc(F)c2C2CCC2)c1. The summed E-state index contributed by atoms with van der Waals surface area (Å²) in [5.74, 6) is -0.887. The minimum atomic E-state index is -3.84. The zero-order valence-electron chi connectivity index (χ0n) is 28.1. The van der Waals surface area contributed by atoms with E-state index in [1.54, 1.807) is 39.0 Å². The molecule has 1 aliphatic heterocycles. The quantitative estimate of drug-likeness (QED) is 0.280. The van der Waals surface area contributed by atoms with Crippen LogP contribution in [0, 0.1) is 5.82 Å². The summed E-state index contributed by atoms with van der Waals surface area (Å²) in [6, 6.07) is 10.1. The zero-order valence-corrected chi connectivity index (χ0v) is 28.9. The first-order valence-corrected chi connectivity index (χ1v) is 19.0. The number of halogens is 2. The van der Waals surface area contributed by atoms with Crippen molar-refractivity contribution in [2.24, 2.45) is 0 Å².